The lowest BCUT2D eigenvalue weighted by atomic mass is 10.3. The molecule has 0 spiro atoms. The van der Waals surface area contributed by atoms with Crippen LogP contribution < -0.4 is 5.32 Å². The van der Waals surface area contributed by atoms with Crippen molar-refractivity contribution in [3.63, 3.8) is 0 Å². The van der Waals surface area contributed by atoms with Crippen LogP contribution in [0.4, 0.5) is 0 Å². The SMILES string of the molecule is CCOC(=O)CNCC(=O)N1CCN(C)CC1. The third-order valence-corrected chi connectivity index (χ3v) is 2.71. The third-order valence-electron chi connectivity index (χ3n) is 2.71. The second kappa shape index (κ2) is 7.24. The Kier molecular flexibility index (Phi) is 5.93. The van der Waals surface area contributed by atoms with E-state index in [9.17, 15) is 9.59 Å². The van der Waals surface area contributed by atoms with Crippen LogP contribution in [-0.4, -0.2) is 74.6 Å². The molecule has 0 aliphatic carbocycles. The maximum atomic E-state index is 11.7. The zero-order chi connectivity index (χ0) is 12.7. The number of hydrogen-bond donors (Lipinski definition) is 1. The van der Waals surface area contributed by atoms with Gasteiger partial charge < -0.3 is 14.5 Å². The summed E-state index contributed by atoms with van der Waals surface area (Å²) in [4.78, 5) is 26.8. The van der Waals surface area contributed by atoms with Crippen molar-refractivity contribution >= 4 is 11.9 Å². The first-order chi connectivity index (χ1) is 8.13. The van der Waals surface area contributed by atoms with Crippen molar-refractivity contribution in [3.05, 3.63) is 0 Å². The number of nitrogens with zero attached hydrogens (tertiary/aromatic N) is 2. The van der Waals surface area contributed by atoms with Gasteiger partial charge in [0.2, 0.25) is 5.91 Å². The molecule has 0 radical (unpaired) electrons. The van der Waals surface area contributed by atoms with E-state index in [4.69, 9.17) is 4.74 Å². The Morgan fingerprint density at radius 1 is 1.18 bits per heavy atom. The minimum absolute atomic E-state index is 0.0439. The quantitative estimate of drug-likeness (QED) is 0.622. The van der Waals surface area contributed by atoms with E-state index < -0.39 is 0 Å². The van der Waals surface area contributed by atoms with Crippen molar-refractivity contribution in [1.29, 1.82) is 0 Å². The molecule has 0 atom stereocenters. The van der Waals surface area contributed by atoms with Crippen molar-refractivity contribution in [1.82, 2.24) is 15.1 Å². The Bertz CT molecular complexity index is 263. The molecule has 0 unspecified atom stereocenters. The first-order valence-electron chi connectivity index (χ1n) is 5.96. The highest BCUT2D eigenvalue weighted by Crippen LogP contribution is 1.98. The maximum absolute atomic E-state index is 11.7. The Morgan fingerprint density at radius 2 is 1.82 bits per heavy atom. The number of piperazine rings is 1. The second-order valence-electron chi connectivity index (χ2n) is 4.09. The number of rotatable bonds is 5. The molecular formula is C11H21N3O3. The van der Waals surface area contributed by atoms with Crippen LogP contribution in [0, 0.1) is 0 Å². The highest BCUT2D eigenvalue weighted by atomic mass is 16.5. The summed E-state index contributed by atoms with van der Waals surface area (Å²) in [6, 6.07) is 0. The Hall–Kier alpha value is -1.14. The van der Waals surface area contributed by atoms with Gasteiger partial charge in [0, 0.05) is 26.2 Å². The van der Waals surface area contributed by atoms with Gasteiger partial charge in [-0.1, -0.05) is 0 Å². The van der Waals surface area contributed by atoms with Crippen LogP contribution in [0.25, 0.3) is 0 Å². The van der Waals surface area contributed by atoms with Gasteiger partial charge in [0.1, 0.15) is 0 Å². The van der Waals surface area contributed by atoms with E-state index in [2.05, 4.69) is 10.2 Å². The molecule has 1 aliphatic rings. The largest absolute Gasteiger partial charge is 0.465 e. The molecule has 1 aliphatic heterocycles. The summed E-state index contributed by atoms with van der Waals surface area (Å²) >= 11 is 0. The monoisotopic (exact) mass is 243 g/mol. The van der Waals surface area contributed by atoms with Crippen LogP contribution in [0.1, 0.15) is 6.92 Å². The lowest BCUT2D eigenvalue weighted by molar-refractivity contribution is -0.142. The number of esters is 1. The summed E-state index contributed by atoms with van der Waals surface area (Å²) in [6.45, 7) is 5.75. The summed E-state index contributed by atoms with van der Waals surface area (Å²) in [5.74, 6) is -0.277. The van der Waals surface area contributed by atoms with Crippen molar-refractivity contribution in [2.24, 2.45) is 0 Å². The average molecular weight is 243 g/mol. The molecule has 98 valence electrons. The fraction of sp³-hybridized carbons (Fsp3) is 0.818. The van der Waals surface area contributed by atoms with E-state index in [1.54, 1.807) is 6.92 Å². The lowest BCUT2D eigenvalue weighted by Gasteiger charge is -2.32. The second-order valence-corrected chi connectivity index (χ2v) is 4.09. The first-order valence-corrected chi connectivity index (χ1v) is 5.96. The molecule has 0 bridgehead atoms. The Morgan fingerprint density at radius 3 is 2.41 bits per heavy atom. The van der Waals surface area contributed by atoms with E-state index >= 15 is 0 Å². The van der Waals surface area contributed by atoms with E-state index in [1.807, 2.05) is 11.9 Å². The van der Waals surface area contributed by atoms with Crippen molar-refractivity contribution in [3.8, 4) is 0 Å². The van der Waals surface area contributed by atoms with Crippen LogP contribution in [0.15, 0.2) is 0 Å². The van der Waals surface area contributed by atoms with Gasteiger partial charge in [-0.3, -0.25) is 14.9 Å². The average Bonchev–Trinajstić information content (AvgIpc) is 2.30. The molecule has 0 aromatic heterocycles. The Balaban J connectivity index is 2.14. The third kappa shape index (κ3) is 5.14. The molecule has 6 nitrogen and oxygen atoms in total. The molecule has 1 heterocycles. The minimum Gasteiger partial charge on any atom is -0.465 e. The number of carbonyl (C=O) groups is 2. The molecule has 17 heavy (non-hydrogen) atoms. The first kappa shape index (κ1) is 13.9. The van der Waals surface area contributed by atoms with E-state index in [0.29, 0.717) is 6.61 Å². The van der Waals surface area contributed by atoms with Gasteiger partial charge in [0.15, 0.2) is 0 Å². The molecular weight excluding hydrogens is 222 g/mol. The molecule has 0 aromatic rings. The molecule has 0 aromatic carbocycles. The van der Waals surface area contributed by atoms with Gasteiger partial charge >= 0.3 is 5.97 Å². The number of amides is 1. The number of likely N-dealkylation sites (N-methyl/N-ethyl adjacent to an activating group) is 1. The summed E-state index contributed by atoms with van der Waals surface area (Å²) in [5.41, 5.74) is 0. The number of carbonyl (C=O) groups excluding carboxylic acids is 2. The molecule has 1 rings (SSSR count). The van der Waals surface area contributed by atoms with Gasteiger partial charge in [0.25, 0.3) is 0 Å². The van der Waals surface area contributed by atoms with Crippen LogP contribution in [0.3, 0.4) is 0 Å². The Labute approximate surface area is 102 Å². The van der Waals surface area contributed by atoms with Gasteiger partial charge in [-0.05, 0) is 14.0 Å². The van der Waals surface area contributed by atoms with Gasteiger partial charge in [-0.2, -0.15) is 0 Å². The predicted octanol–water partition coefficient (Wildman–Crippen LogP) is -1.09. The van der Waals surface area contributed by atoms with Crippen molar-refractivity contribution < 1.29 is 14.3 Å². The summed E-state index contributed by atoms with van der Waals surface area (Å²) in [6.07, 6.45) is 0. The van der Waals surface area contributed by atoms with E-state index in [0.717, 1.165) is 26.2 Å². The minimum atomic E-state index is -0.321. The van der Waals surface area contributed by atoms with Crippen LogP contribution in [0.2, 0.25) is 0 Å². The number of nitrogens with one attached hydrogen (secondary N) is 1. The topological polar surface area (TPSA) is 61.9 Å². The van der Waals surface area contributed by atoms with E-state index in [1.165, 1.54) is 0 Å². The molecule has 1 saturated heterocycles. The van der Waals surface area contributed by atoms with Crippen LogP contribution in [0.5, 0.6) is 0 Å². The fourth-order valence-corrected chi connectivity index (χ4v) is 1.65. The molecule has 1 N–H and O–H groups in total. The highest BCUT2D eigenvalue weighted by Gasteiger charge is 2.18. The van der Waals surface area contributed by atoms with Gasteiger partial charge in [0.05, 0.1) is 19.7 Å². The summed E-state index contributed by atoms with van der Waals surface area (Å²) in [5, 5.41) is 2.80. The predicted molar refractivity (Wildman–Crippen MR) is 63.6 cm³/mol. The van der Waals surface area contributed by atoms with Crippen LogP contribution >= 0.6 is 0 Å². The maximum Gasteiger partial charge on any atom is 0.319 e. The molecule has 6 heteroatoms. The standard InChI is InChI=1S/C11H21N3O3/c1-3-17-11(16)9-12-8-10(15)14-6-4-13(2)5-7-14/h12H,3-9H2,1-2H3. The smallest absolute Gasteiger partial charge is 0.319 e. The fourth-order valence-electron chi connectivity index (χ4n) is 1.65. The normalized spacial score (nSPS) is 16.9. The zero-order valence-electron chi connectivity index (χ0n) is 10.6. The van der Waals surface area contributed by atoms with Crippen LogP contribution in [-0.2, 0) is 14.3 Å². The summed E-state index contributed by atoms with van der Waals surface area (Å²) < 4.78 is 4.75. The summed E-state index contributed by atoms with van der Waals surface area (Å²) in [7, 11) is 2.04. The highest BCUT2D eigenvalue weighted by molar-refractivity contribution is 5.79. The molecule has 1 fully saturated rings. The van der Waals surface area contributed by atoms with Gasteiger partial charge in [-0.15, -0.1) is 0 Å². The van der Waals surface area contributed by atoms with Gasteiger partial charge in [-0.25, -0.2) is 0 Å². The van der Waals surface area contributed by atoms with Crippen molar-refractivity contribution in [2.45, 2.75) is 6.92 Å². The molecule has 0 saturated carbocycles. The van der Waals surface area contributed by atoms with E-state index in [-0.39, 0.29) is 25.0 Å². The van der Waals surface area contributed by atoms with Crippen molar-refractivity contribution in [2.75, 3.05) is 52.9 Å². The molecule has 1 amide bonds. The lowest BCUT2D eigenvalue weighted by Crippen LogP contribution is -2.49. The number of ether oxygens (including phenoxy) is 1. The zero-order valence-corrected chi connectivity index (χ0v) is 10.6. The number of hydrogen-bond acceptors (Lipinski definition) is 5.